The number of nitrogens with one attached hydrogen (secondary N) is 1. The fourth-order valence-corrected chi connectivity index (χ4v) is 2.84. The molecule has 1 atom stereocenters. The molecule has 0 aliphatic carbocycles. The van der Waals surface area contributed by atoms with Crippen LogP contribution in [0.5, 0.6) is 11.5 Å². The maximum absolute atomic E-state index is 12.3. The van der Waals surface area contributed by atoms with E-state index in [-0.39, 0.29) is 5.91 Å². The van der Waals surface area contributed by atoms with Crippen LogP contribution in [0.1, 0.15) is 51.2 Å². The van der Waals surface area contributed by atoms with Crippen LogP contribution in [0.4, 0.5) is 0 Å². The molecule has 0 spiro atoms. The van der Waals surface area contributed by atoms with Crippen molar-refractivity contribution in [2.24, 2.45) is 0 Å². The molecule has 146 valence electrons. The van der Waals surface area contributed by atoms with Crippen molar-refractivity contribution in [1.82, 2.24) is 5.32 Å². The molecule has 0 bridgehead atoms. The van der Waals surface area contributed by atoms with Gasteiger partial charge in [0.2, 0.25) is 0 Å². The maximum atomic E-state index is 12.3. The molecule has 1 amide bonds. The highest BCUT2D eigenvalue weighted by molar-refractivity contribution is 5.80. The molecule has 0 saturated carbocycles. The van der Waals surface area contributed by atoms with Crippen molar-refractivity contribution in [2.45, 2.75) is 52.6 Å². The smallest absolute Gasteiger partial charge is 0.260 e. The van der Waals surface area contributed by atoms with Gasteiger partial charge in [-0.3, -0.25) is 4.79 Å². The van der Waals surface area contributed by atoms with Gasteiger partial charge in [-0.15, -0.1) is 0 Å². The van der Waals surface area contributed by atoms with Crippen LogP contribution in [0, 0.1) is 0 Å². The zero-order valence-electron chi connectivity index (χ0n) is 16.8. The Balaban J connectivity index is 1.75. The van der Waals surface area contributed by atoms with E-state index in [9.17, 15) is 4.79 Å². The van der Waals surface area contributed by atoms with E-state index in [4.69, 9.17) is 9.47 Å². The van der Waals surface area contributed by atoms with E-state index in [0.717, 1.165) is 29.9 Å². The van der Waals surface area contributed by atoms with Crippen molar-refractivity contribution in [3.8, 4) is 11.5 Å². The molecule has 1 N–H and O–H groups in total. The van der Waals surface area contributed by atoms with Gasteiger partial charge < -0.3 is 14.8 Å². The SMILES string of the molecule is CCCc1ccc(OCCNC(=O)[C@@H](C)Oc2ccccc2C(C)C)cc1. The molecule has 2 aromatic carbocycles. The fourth-order valence-electron chi connectivity index (χ4n) is 2.84. The Morgan fingerprint density at radius 2 is 1.74 bits per heavy atom. The molecule has 0 unspecified atom stereocenters. The molecule has 2 rings (SSSR count). The summed E-state index contributed by atoms with van der Waals surface area (Å²) in [5, 5.41) is 2.86. The minimum atomic E-state index is -0.557. The molecule has 0 aliphatic heterocycles. The van der Waals surface area contributed by atoms with Gasteiger partial charge in [0.1, 0.15) is 18.1 Å². The summed E-state index contributed by atoms with van der Waals surface area (Å²) in [5.41, 5.74) is 2.41. The van der Waals surface area contributed by atoms with Gasteiger partial charge >= 0.3 is 0 Å². The minimum Gasteiger partial charge on any atom is -0.492 e. The average Bonchev–Trinajstić information content (AvgIpc) is 2.66. The molecule has 0 radical (unpaired) electrons. The Morgan fingerprint density at radius 3 is 2.41 bits per heavy atom. The van der Waals surface area contributed by atoms with E-state index in [1.165, 1.54) is 5.56 Å². The zero-order chi connectivity index (χ0) is 19.6. The van der Waals surface area contributed by atoms with Crippen molar-refractivity contribution in [1.29, 1.82) is 0 Å². The Labute approximate surface area is 162 Å². The Bertz CT molecular complexity index is 710. The maximum Gasteiger partial charge on any atom is 0.260 e. The largest absolute Gasteiger partial charge is 0.492 e. The topological polar surface area (TPSA) is 47.6 Å². The van der Waals surface area contributed by atoms with Crippen LogP contribution in [0.2, 0.25) is 0 Å². The second kappa shape index (κ2) is 10.6. The molecule has 0 fully saturated rings. The third-order valence-electron chi connectivity index (χ3n) is 4.35. The second-order valence-corrected chi connectivity index (χ2v) is 6.99. The van der Waals surface area contributed by atoms with Gasteiger partial charge in [-0.2, -0.15) is 0 Å². The van der Waals surface area contributed by atoms with Crippen molar-refractivity contribution in [3.63, 3.8) is 0 Å². The van der Waals surface area contributed by atoms with Crippen LogP contribution in [0.15, 0.2) is 48.5 Å². The van der Waals surface area contributed by atoms with E-state index in [2.05, 4.69) is 38.2 Å². The average molecular weight is 370 g/mol. The lowest BCUT2D eigenvalue weighted by Gasteiger charge is -2.18. The predicted molar refractivity (Wildman–Crippen MR) is 110 cm³/mol. The highest BCUT2D eigenvalue weighted by Gasteiger charge is 2.16. The van der Waals surface area contributed by atoms with Crippen LogP contribution in [0.25, 0.3) is 0 Å². The summed E-state index contributed by atoms with van der Waals surface area (Å²) < 4.78 is 11.5. The molecule has 4 heteroatoms. The first-order chi connectivity index (χ1) is 13.0. The van der Waals surface area contributed by atoms with E-state index in [1.54, 1.807) is 6.92 Å². The van der Waals surface area contributed by atoms with Crippen molar-refractivity contribution < 1.29 is 14.3 Å². The van der Waals surface area contributed by atoms with Crippen LogP contribution < -0.4 is 14.8 Å². The van der Waals surface area contributed by atoms with Crippen molar-refractivity contribution in [2.75, 3.05) is 13.2 Å². The van der Waals surface area contributed by atoms with Gasteiger partial charge in [0.05, 0.1) is 6.54 Å². The number of ether oxygens (including phenoxy) is 2. The quantitative estimate of drug-likeness (QED) is 0.616. The summed E-state index contributed by atoms with van der Waals surface area (Å²) in [7, 11) is 0. The molecule has 27 heavy (non-hydrogen) atoms. The Morgan fingerprint density at radius 1 is 1.04 bits per heavy atom. The highest BCUT2D eigenvalue weighted by atomic mass is 16.5. The first kappa shape index (κ1) is 20.8. The monoisotopic (exact) mass is 369 g/mol. The summed E-state index contributed by atoms with van der Waals surface area (Å²) in [4.78, 5) is 12.3. The number of carbonyl (C=O) groups excluding carboxylic acids is 1. The summed E-state index contributed by atoms with van der Waals surface area (Å²) in [6.07, 6.45) is 1.65. The fraction of sp³-hybridized carbons (Fsp3) is 0.435. The van der Waals surface area contributed by atoms with E-state index in [1.807, 2.05) is 36.4 Å². The number of hydrogen-bond donors (Lipinski definition) is 1. The summed E-state index contributed by atoms with van der Waals surface area (Å²) in [6, 6.07) is 16.0. The first-order valence-corrected chi connectivity index (χ1v) is 9.76. The Hall–Kier alpha value is -2.49. The summed E-state index contributed by atoms with van der Waals surface area (Å²) in [6.45, 7) is 9.01. The molecule has 0 aromatic heterocycles. The minimum absolute atomic E-state index is 0.143. The number of para-hydroxylation sites is 1. The predicted octanol–water partition coefficient (Wildman–Crippen LogP) is 4.73. The zero-order valence-corrected chi connectivity index (χ0v) is 16.8. The van der Waals surface area contributed by atoms with Crippen molar-refractivity contribution >= 4 is 5.91 Å². The highest BCUT2D eigenvalue weighted by Crippen LogP contribution is 2.26. The lowest BCUT2D eigenvalue weighted by atomic mass is 10.0. The molecule has 4 nitrogen and oxygen atoms in total. The third kappa shape index (κ3) is 6.63. The van der Waals surface area contributed by atoms with Gasteiger partial charge in [0.15, 0.2) is 6.10 Å². The molecule has 0 saturated heterocycles. The molecule has 0 heterocycles. The molecule has 0 aliphatic rings. The molecule has 2 aromatic rings. The lowest BCUT2D eigenvalue weighted by Crippen LogP contribution is -2.38. The van der Waals surface area contributed by atoms with Crippen LogP contribution in [-0.4, -0.2) is 25.2 Å². The van der Waals surface area contributed by atoms with E-state index < -0.39 is 6.10 Å². The number of aryl methyl sites for hydroxylation is 1. The van der Waals surface area contributed by atoms with Crippen LogP contribution in [-0.2, 0) is 11.2 Å². The van der Waals surface area contributed by atoms with Gasteiger partial charge in [0, 0.05) is 0 Å². The number of hydrogen-bond acceptors (Lipinski definition) is 3. The van der Waals surface area contributed by atoms with Gasteiger partial charge in [-0.05, 0) is 48.6 Å². The molecular formula is C23H31NO3. The number of carbonyl (C=O) groups is 1. The number of amides is 1. The van der Waals surface area contributed by atoms with Crippen molar-refractivity contribution in [3.05, 3.63) is 59.7 Å². The number of rotatable bonds is 10. The summed E-state index contributed by atoms with van der Waals surface area (Å²) >= 11 is 0. The summed E-state index contributed by atoms with van der Waals surface area (Å²) in [5.74, 6) is 1.78. The van der Waals surface area contributed by atoms with E-state index in [0.29, 0.717) is 19.1 Å². The van der Waals surface area contributed by atoms with Crippen LogP contribution in [0.3, 0.4) is 0 Å². The normalized spacial score (nSPS) is 11.9. The van der Waals surface area contributed by atoms with Crippen LogP contribution >= 0.6 is 0 Å². The van der Waals surface area contributed by atoms with Gasteiger partial charge in [0.25, 0.3) is 5.91 Å². The molecular weight excluding hydrogens is 338 g/mol. The number of benzene rings is 2. The Kier molecular flexibility index (Phi) is 8.18. The van der Waals surface area contributed by atoms with Gasteiger partial charge in [-0.1, -0.05) is 57.5 Å². The van der Waals surface area contributed by atoms with Gasteiger partial charge in [-0.25, -0.2) is 0 Å². The standard InChI is InChI=1S/C23H31NO3/c1-5-8-19-11-13-20(14-12-19)26-16-15-24-23(25)18(4)27-22-10-7-6-9-21(22)17(2)3/h6-7,9-14,17-18H,5,8,15-16H2,1-4H3,(H,24,25)/t18-/m1/s1. The third-order valence-corrected chi connectivity index (χ3v) is 4.35. The second-order valence-electron chi connectivity index (χ2n) is 6.99. The van der Waals surface area contributed by atoms with E-state index >= 15 is 0 Å². The first-order valence-electron chi connectivity index (χ1n) is 9.76. The lowest BCUT2D eigenvalue weighted by molar-refractivity contribution is -0.127.